The Morgan fingerprint density at radius 3 is 2.21 bits per heavy atom. The molecule has 0 spiro atoms. The Morgan fingerprint density at radius 2 is 1.52 bits per heavy atom. The zero-order valence-corrected chi connectivity index (χ0v) is 19.3. The second-order valence-corrected chi connectivity index (χ2v) is 9.27. The van der Waals surface area contributed by atoms with Crippen molar-refractivity contribution in [2.45, 2.75) is 37.5 Å². The molecule has 0 aliphatic carbocycles. The molecule has 4 aromatic rings. The van der Waals surface area contributed by atoms with Gasteiger partial charge in [-0.25, -0.2) is 4.98 Å². The minimum atomic E-state index is -0.00734. The number of nitrogens with zero attached hydrogens (tertiary/aromatic N) is 3. The monoisotopic (exact) mass is 437 g/mol. The molecule has 5 rings (SSSR count). The van der Waals surface area contributed by atoms with Crippen LogP contribution < -0.4 is 0 Å². The largest absolute Gasteiger partial charge is 0.343 e. The minimum absolute atomic E-state index is 0.00734. The van der Waals surface area contributed by atoms with Gasteiger partial charge in [0.25, 0.3) is 0 Å². The van der Waals surface area contributed by atoms with Crippen LogP contribution in [0.25, 0.3) is 11.0 Å². The van der Waals surface area contributed by atoms with E-state index in [1.165, 1.54) is 16.6 Å². The van der Waals surface area contributed by atoms with E-state index in [0.29, 0.717) is 6.42 Å². The number of para-hydroxylation sites is 2. The average Bonchev–Trinajstić information content (AvgIpc) is 3.19. The van der Waals surface area contributed by atoms with Crippen LogP contribution in [0.15, 0.2) is 84.9 Å². The number of fused-ring (bicyclic) bond motifs is 1. The summed E-state index contributed by atoms with van der Waals surface area (Å²) in [6.45, 7) is 1.60. The summed E-state index contributed by atoms with van der Waals surface area (Å²) in [4.78, 5) is 20.0. The molecule has 1 aliphatic rings. The first-order valence-electron chi connectivity index (χ1n) is 11.9. The van der Waals surface area contributed by atoms with Crippen molar-refractivity contribution in [3.05, 3.63) is 102 Å². The van der Waals surface area contributed by atoms with E-state index < -0.39 is 0 Å². The number of carbonyl (C=O) groups excluding carboxylic acids is 1. The summed E-state index contributed by atoms with van der Waals surface area (Å²) in [6, 6.07) is 29.5. The molecule has 1 fully saturated rings. The van der Waals surface area contributed by atoms with Gasteiger partial charge < -0.3 is 9.47 Å². The van der Waals surface area contributed by atoms with Gasteiger partial charge >= 0.3 is 0 Å². The first kappa shape index (κ1) is 21.4. The van der Waals surface area contributed by atoms with E-state index in [1.54, 1.807) is 0 Å². The van der Waals surface area contributed by atoms with Crippen molar-refractivity contribution in [1.82, 2.24) is 14.5 Å². The Labute approximate surface area is 195 Å². The van der Waals surface area contributed by atoms with Crippen molar-refractivity contribution >= 4 is 16.9 Å². The maximum atomic E-state index is 13.0. The van der Waals surface area contributed by atoms with E-state index in [1.807, 2.05) is 24.3 Å². The van der Waals surface area contributed by atoms with Gasteiger partial charge in [-0.2, -0.15) is 0 Å². The molecule has 3 aromatic carbocycles. The molecule has 0 N–H and O–H groups in total. The van der Waals surface area contributed by atoms with Crippen LogP contribution in [0.4, 0.5) is 0 Å². The normalized spacial score (nSPS) is 15.6. The van der Waals surface area contributed by atoms with Crippen LogP contribution in [-0.4, -0.2) is 33.4 Å². The Kier molecular flexibility index (Phi) is 5.99. The third-order valence-corrected chi connectivity index (χ3v) is 7.31. The van der Waals surface area contributed by atoms with E-state index in [9.17, 15) is 4.79 Å². The number of carbonyl (C=O) groups is 1. The van der Waals surface area contributed by atoms with Crippen molar-refractivity contribution in [3.63, 3.8) is 0 Å². The number of hydrogen-bond acceptors (Lipinski definition) is 2. The number of benzene rings is 3. The summed E-state index contributed by atoms with van der Waals surface area (Å²) in [5.74, 6) is 1.38. The van der Waals surface area contributed by atoms with Crippen LogP contribution in [0, 0.1) is 0 Å². The van der Waals surface area contributed by atoms with Crippen molar-refractivity contribution in [2.75, 3.05) is 13.1 Å². The van der Waals surface area contributed by atoms with E-state index in [-0.39, 0.29) is 11.3 Å². The van der Waals surface area contributed by atoms with Crippen LogP contribution in [0.5, 0.6) is 0 Å². The molecule has 0 atom stereocenters. The van der Waals surface area contributed by atoms with Gasteiger partial charge in [0.1, 0.15) is 5.82 Å². The predicted octanol–water partition coefficient (Wildman–Crippen LogP) is 5.31. The lowest BCUT2D eigenvalue weighted by molar-refractivity contribution is -0.132. The number of likely N-dealkylation sites (tertiary alicyclic amines) is 1. The number of rotatable bonds is 6. The molecule has 0 unspecified atom stereocenters. The maximum Gasteiger partial charge on any atom is 0.222 e. The summed E-state index contributed by atoms with van der Waals surface area (Å²) in [7, 11) is 2.12. The number of aromatic nitrogens is 2. The molecular weight excluding hydrogens is 406 g/mol. The number of piperidine rings is 1. The third kappa shape index (κ3) is 4.43. The summed E-state index contributed by atoms with van der Waals surface area (Å²) >= 11 is 0. The maximum absolute atomic E-state index is 13.0. The fourth-order valence-electron chi connectivity index (χ4n) is 5.25. The van der Waals surface area contributed by atoms with E-state index in [4.69, 9.17) is 4.98 Å². The fourth-order valence-corrected chi connectivity index (χ4v) is 5.25. The Hall–Kier alpha value is -3.40. The SMILES string of the molecule is Cn1c(CC2(c3ccccc3)CCN(C(=O)CCc3ccccc3)CC2)nc2ccccc21. The van der Waals surface area contributed by atoms with Gasteiger partial charge in [-0.15, -0.1) is 0 Å². The number of aryl methyl sites for hydroxylation is 2. The van der Waals surface area contributed by atoms with Crippen LogP contribution in [0.1, 0.15) is 36.2 Å². The van der Waals surface area contributed by atoms with E-state index in [2.05, 4.69) is 77.2 Å². The Morgan fingerprint density at radius 1 is 0.879 bits per heavy atom. The first-order chi connectivity index (χ1) is 16.1. The van der Waals surface area contributed by atoms with E-state index >= 15 is 0 Å². The van der Waals surface area contributed by atoms with Gasteiger partial charge in [0.15, 0.2) is 0 Å². The fraction of sp³-hybridized carbons (Fsp3) is 0.310. The second kappa shape index (κ2) is 9.22. The molecule has 4 nitrogen and oxygen atoms in total. The molecule has 4 heteroatoms. The Bertz CT molecular complexity index is 1220. The minimum Gasteiger partial charge on any atom is -0.343 e. The number of amides is 1. The molecule has 0 saturated carbocycles. The molecule has 1 amide bonds. The van der Waals surface area contributed by atoms with Crippen molar-refractivity contribution in [1.29, 1.82) is 0 Å². The first-order valence-corrected chi connectivity index (χ1v) is 11.9. The van der Waals surface area contributed by atoms with Gasteiger partial charge in [0.05, 0.1) is 11.0 Å². The highest BCUT2D eigenvalue weighted by atomic mass is 16.2. The topological polar surface area (TPSA) is 38.1 Å². The zero-order chi connectivity index (χ0) is 22.7. The molecule has 1 aromatic heterocycles. The molecule has 1 saturated heterocycles. The highest BCUT2D eigenvalue weighted by molar-refractivity contribution is 5.77. The van der Waals surface area contributed by atoms with E-state index in [0.717, 1.165) is 50.1 Å². The third-order valence-electron chi connectivity index (χ3n) is 7.31. The molecule has 0 bridgehead atoms. The number of imidazole rings is 1. The van der Waals surface area contributed by atoms with Crippen LogP contribution in [-0.2, 0) is 30.1 Å². The molecule has 168 valence electrons. The quantitative estimate of drug-likeness (QED) is 0.410. The van der Waals surface area contributed by atoms with Crippen molar-refractivity contribution < 1.29 is 4.79 Å². The second-order valence-electron chi connectivity index (χ2n) is 9.27. The Balaban J connectivity index is 1.34. The van der Waals surface area contributed by atoms with Gasteiger partial charge in [0, 0.05) is 38.4 Å². The van der Waals surface area contributed by atoms with Gasteiger partial charge in [-0.1, -0.05) is 72.8 Å². The lowest BCUT2D eigenvalue weighted by Gasteiger charge is -2.42. The molecule has 1 aliphatic heterocycles. The summed E-state index contributed by atoms with van der Waals surface area (Å²) in [6.07, 6.45) is 4.18. The van der Waals surface area contributed by atoms with Gasteiger partial charge in [0.2, 0.25) is 5.91 Å². The van der Waals surface area contributed by atoms with Crippen molar-refractivity contribution in [2.24, 2.45) is 7.05 Å². The smallest absolute Gasteiger partial charge is 0.222 e. The summed E-state index contributed by atoms with van der Waals surface area (Å²) in [5, 5.41) is 0. The summed E-state index contributed by atoms with van der Waals surface area (Å²) in [5.41, 5.74) is 4.79. The lowest BCUT2D eigenvalue weighted by Crippen LogP contribution is -2.46. The standard InChI is InChI=1S/C29H31N3O/c1-31-26-15-9-8-14-25(26)30-27(31)22-29(24-12-6-3-7-13-24)18-20-32(21-19-29)28(33)17-16-23-10-4-2-5-11-23/h2-15H,16-22H2,1H3. The van der Waals surface area contributed by atoms with Gasteiger partial charge in [-0.05, 0) is 42.5 Å². The highest BCUT2D eigenvalue weighted by Gasteiger charge is 2.38. The average molecular weight is 438 g/mol. The molecular formula is C29H31N3O. The van der Waals surface area contributed by atoms with Crippen LogP contribution in [0.2, 0.25) is 0 Å². The molecule has 0 radical (unpaired) electrons. The van der Waals surface area contributed by atoms with Crippen LogP contribution in [0.3, 0.4) is 0 Å². The highest BCUT2D eigenvalue weighted by Crippen LogP contribution is 2.39. The lowest BCUT2D eigenvalue weighted by atomic mass is 9.70. The van der Waals surface area contributed by atoms with Gasteiger partial charge in [-0.3, -0.25) is 4.79 Å². The predicted molar refractivity (Wildman–Crippen MR) is 133 cm³/mol. The summed E-state index contributed by atoms with van der Waals surface area (Å²) < 4.78 is 2.23. The van der Waals surface area contributed by atoms with Crippen LogP contribution >= 0.6 is 0 Å². The van der Waals surface area contributed by atoms with Crippen molar-refractivity contribution in [3.8, 4) is 0 Å². The molecule has 2 heterocycles. The zero-order valence-electron chi connectivity index (χ0n) is 19.3. The molecule has 33 heavy (non-hydrogen) atoms. The number of hydrogen-bond donors (Lipinski definition) is 0.